The highest BCUT2D eigenvalue weighted by Crippen LogP contribution is 2.24. The van der Waals surface area contributed by atoms with Crippen LogP contribution >= 0.6 is 0 Å². The highest BCUT2D eigenvalue weighted by atomic mass is 19.2. The molecule has 1 N–H and O–H groups in total. The second-order valence-corrected chi connectivity index (χ2v) is 3.40. The number of halogens is 2. The summed E-state index contributed by atoms with van der Waals surface area (Å²) in [7, 11) is 0. The molecule has 1 aliphatic rings. The Morgan fingerprint density at radius 2 is 2.13 bits per heavy atom. The van der Waals surface area contributed by atoms with Crippen molar-refractivity contribution >= 4 is 6.09 Å². The molecule has 0 aliphatic carbocycles. The molecule has 0 spiro atoms. The van der Waals surface area contributed by atoms with Crippen molar-refractivity contribution in [1.29, 1.82) is 0 Å². The number of hydrogen-bond acceptors (Lipinski definition) is 2. The molecule has 1 amide bonds. The fourth-order valence-corrected chi connectivity index (χ4v) is 1.48. The maximum Gasteiger partial charge on any atom is 0.407 e. The second kappa shape index (κ2) is 3.49. The SMILES string of the molecule is Cc1ccc([C@@H]2COC(=O)N2)c(F)c1F. The van der Waals surface area contributed by atoms with Crippen molar-refractivity contribution in [2.45, 2.75) is 13.0 Å². The van der Waals surface area contributed by atoms with Crippen molar-refractivity contribution in [2.75, 3.05) is 6.61 Å². The molecule has 0 bridgehead atoms. The lowest BCUT2D eigenvalue weighted by Gasteiger charge is -2.10. The van der Waals surface area contributed by atoms with E-state index in [2.05, 4.69) is 10.1 Å². The van der Waals surface area contributed by atoms with E-state index in [1.54, 1.807) is 0 Å². The van der Waals surface area contributed by atoms with Gasteiger partial charge in [-0.1, -0.05) is 12.1 Å². The van der Waals surface area contributed by atoms with Crippen LogP contribution in [0.2, 0.25) is 0 Å². The molecular weight excluding hydrogens is 204 g/mol. The Bertz CT molecular complexity index is 420. The van der Waals surface area contributed by atoms with Gasteiger partial charge in [-0.05, 0) is 12.5 Å². The summed E-state index contributed by atoms with van der Waals surface area (Å²) in [5.41, 5.74) is 0.352. The third-order valence-electron chi connectivity index (χ3n) is 2.35. The zero-order chi connectivity index (χ0) is 11.0. The summed E-state index contributed by atoms with van der Waals surface area (Å²) in [6.07, 6.45) is -0.611. The van der Waals surface area contributed by atoms with E-state index in [9.17, 15) is 13.6 Å². The number of benzene rings is 1. The minimum atomic E-state index is -0.925. The lowest BCUT2D eigenvalue weighted by Crippen LogP contribution is -2.19. The quantitative estimate of drug-likeness (QED) is 0.775. The van der Waals surface area contributed by atoms with Crippen LogP contribution in [0.4, 0.5) is 13.6 Å². The molecule has 1 fully saturated rings. The average molecular weight is 213 g/mol. The van der Waals surface area contributed by atoms with Crippen molar-refractivity contribution < 1.29 is 18.3 Å². The molecule has 80 valence electrons. The fraction of sp³-hybridized carbons (Fsp3) is 0.300. The normalized spacial score (nSPS) is 19.9. The number of nitrogens with one attached hydrogen (secondary N) is 1. The van der Waals surface area contributed by atoms with Crippen LogP contribution in [0.25, 0.3) is 0 Å². The van der Waals surface area contributed by atoms with Crippen LogP contribution in [0, 0.1) is 18.6 Å². The summed E-state index contributed by atoms with van der Waals surface area (Å²) in [4.78, 5) is 10.7. The van der Waals surface area contributed by atoms with E-state index >= 15 is 0 Å². The van der Waals surface area contributed by atoms with Gasteiger partial charge < -0.3 is 10.1 Å². The second-order valence-electron chi connectivity index (χ2n) is 3.40. The summed E-state index contributed by atoms with van der Waals surface area (Å²) in [6, 6.07) is 2.32. The molecule has 1 aromatic carbocycles. The minimum Gasteiger partial charge on any atom is -0.447 e. The molecule has 0 saturated carbocycles. The topological polar surface area (TPSA) is 38.3 Å². The first kappa shape index (κ1) is 9.89. The van der Waals surface area contributed by atoms with Crippen LogP contribution in [0.3, 0.4) is 0 Å². The Balaban J connectivity index is 2.37. The Labute approximate surface area is 85.0 Å². The molecule has 1 heterocycles. The van der Waals surface area contributed by atoms with Crippen LogP contribution in [0.1, 0.15) is 17.2 Å². The largest absolute Gasteiger partial charge is 0.447 e. The monoisotopic (exact) mass is 213 g/mol. The van der Waals surface area contributed by atoms with E-state index in [1.165, 1.54) is 19.1 Å². The molecule has 1 saturated heterocycles. The summed E-state index contributed by atoms with van der Waals surface area (Å²) >= 11 is 0. The van der Waals surface area contributed by atoms with Crippen LogP contribution in [-0.4, -0.2) is 12.7 Å². The van der Waals surface area contributed by atoms with Gasteiger partial charge in [0.15, 0.2) is 11.6 Å². The Morgan fingerprint density at radius 1 is 1.40 bits per heavy atom. The van der Waals surface area contributed by atoms with Crippen LogP contribution < -0.4 is 5.32 Å². The van der Waals surface area contributed by atoms with Crippen LogP contribution in [0.5, 0.6) is 0 Å². The maximum absolute atomic E-state index is 13.5. The number of carbonyl (C=O) groups excluding carboxylic acids is 1. The number of rotatable bonds is 1. The van der Waals surface area contributed by atoms with Gasteiger partial charge in [0.1, 0.15) is 6.61 Å². The summed E-state index contributed by atoms with van der Waals surface area (Å²) in [5.74, 6) is -1.81. The van der Waals surface area contributed by atoms with E-state index in [1.807, 2.05) is 0 Å². The Morgan fingerprint density at radius 3 is 2.73 bits per heavy atom. The Hall–Kier alpha value is -1.65. The van der Waals surface area contributed by atoms with Gasteiger partial charge in [0.2, 0.25) is 0 Å². The molecule has 15 heavy (non-hydrogen) atoms. The molecule has 3 nitrogen and oxygen atoms in total. The highest BCUT2D eigenvalue weighted by molar-refractivity contribution is 5.70. The number of hydrogen-bond donors (Lipinski definition) is 1. The van der Waals surface area contributed by atoms with Gasteiger partial charge >= 0.3 is 6.09 Å². The zero-order valence-corrected chi connectivity index (χ0v) is 8.01. The third-order valence-corrected chi connectivity index (χ3v) is 2.35. The van der Waals surface area contributed by atoms with Crippen molar-refractivity contribution in [3.8, 4) is 0 Å². The molecule has 0 unspecified atom stereocenters. The van der Waals surface area contributed by atoms with E-state index in [-0.39, 0.29) is 17.7 Å². The molecule has 2 rings (SSSR count). The number of cyclic esters (lactones) is 1. The van der Waals surface area contributed by atoms with E-state index in [0.717, 1.165) is 0 Å². The summed E-state index contributed by atoms with van der Waals surface area (Å²) < 4.78 is 31.3. The summed E-state index contributed by atoms with van der Waals surface area (Å²) in [6.45, 7) is 1.50. The average Bonchev–Trinajstić information content (AvgIpc) is 2.61. The Kier molecular flexibility index (Phi) is 2.30. The standard InChI is InChI=1S/C10H9F2NO2/c1-5-2-3-6(9(12)8(5)11)7-4-15-10(14)13-7/h2-3,7H,4H2,1H3,(H,13,14)/t7-/m0/s1. The van der Waals surface area contributed by atoms with Crippen LogP contribution in [-0.2, 0) is 4.74 Å². The van der Waals surface area contributed by atoms with Crippen molar-refractivity contribution in [3.63, 3.8) is 0 Å². The third kappa shape index (κ3) is 1.65. The number of amides is 1. The first-order valence-electron chi connectivity index (χ1n) is 4.47. The van der Waals surface area contributed by atoms with Gasteiger partial charge in [0, 0.05) is 5.56 Å². The van der Waals surface area contributed by atoms with Crippen molar-refractivity contribution in [1.82, 2.24) is 5.32 Å². The molecular formula is C10H9F2NO2. The molecule has 5 heteroatoms. The van der Waals surface area contributed by atoms with Gasteiger partial charge in [-0.2, -0.15) is 0 Å². The van der Waals surface area contributed by atoms with Crippen LogP contribution in [0.15, 0.2) is 12.1 Å². The van der Waals surface area contributed by atoms with Gasteiger partial charge in [0.05, 0.1) is 6.04 Å². The number of ether oxygens (including phenoxy) is 1. The molecule has 1 aromatic rings. The first-order valence-corrected chi connectivity index (χ1v) is 4.47. The van der Waals surface area contributed by atoms with Crippen molar-refractivity contribution in [2.24, 2.45) is 0 Å². The number of aryl methyl sites for hydroxylation is 1. The maximum atomic E-state index is 13.5. The van der Waals surface area contributed by atoms with Gasteiger partial charge in [-0.3, -0.25) is 0 Å². The number of carbonyl (C=O) groups is 1. The van der Waals surface area contributed by atoms with Crippen molar-refractivity contribution in [3.05, 3.63) is 34.9 Å². The molecule has 1 aliphatic heterocycles. The highest BCUT2D eigenvalue weighted by Gasteiger charge is 2.27. The van der Waals surface area contributed by atoms with Gasteiger partial charge in [-0.15, -0.1) is 0 Å². The molecule has 0 aromatic heterocycles. The van der Waals surface area contributed by atoms with Gasteiger partial charge in [-0.25, -0.2) is 13.6 Å². The number of alkyl carbamates (subject to hydrolysis) is 1. The molecule has 1 atom stereocenters. The van der Waals surface area contributed by atoms with Gasteiger partial charge in [0.25, 0.3) is 0 Å². The van der Waals surface area contributed by atoms with E-state index < -0.39 is 23.8 Å². The predicted molar refractivity (Wildman–Crippen MR) is 48.3 cm³/mol. The first-order chi connectivity index (χ1) is 7.09. The molecule has 0 radical (unpaired) electrons. The predicted octanol–water partition coefficient (Wildman–Crippen LogP) is 2.05. The lowest BCUT2D eigenvalue weighted by molar-refractivity contribution is 0.176. The van der Waals surface area contributed by atoms with E-state index in [4.69, 9.17) is 0 Å². The fourth-order valence-electron chi connectivity index (χ4n) is 1.48. The zero-order valence-electron chi connectivity index (χ0n) is 8.01. The van der Waals surface area contributed by atoms with E-state index in [0.29, 0.717) is 0 Å². The lowest BCUT2D eigenvalue weighted by atomic mass is 10.0. The smallest absolute Gasteiger partial charge is 0.407 e. The minimum absolute atomic E-state index is 0.0260. The summed E-state index contributed by atoms with van der Waals surface area (Å²) in [5, 5.41) is 2.39.